The molecule has 2 heterocycles. The first-order chi connectivity index (χ1) is 17.8. The summed E-state index contributed by atoms with van der Waals surface area (Å²) in [5.74, 6) is -0.544. The van der Waals surface area contributed by atoms with Gasteiger partial charge in [-0.3, -0.25) is 14.5 Å². The van der Waals surface area contributed by atoms with Crippen LogP contribution in [0.25, 0.3) is 16.0 Å². The first-order valence-electron chi connectivity index (χ1n) is 11.9. The van der Waals surface area contributed by atoms with Gasteiger partial charge in [0.05, 0.1) is 35.0 Å². The van der Waals surface area contributed by atoms with Gasteiger partial charge in [-0.1, -0.05) is 53.3 Å². The number of Topliss-reactive ketones (excluding diaryl/α,β-unsaturated/α-hetero) is 1. The van der Waals surface area contributed by atoms with E-state index in [9.17, 15) is 14.7 Å². The topological polar surface area (TPSA) is 89.0 Å². The molecule has 1 saturated heterocycles. The summed E-state index contributed by atoms with van der Waals surface area (Å²) in [4.78, 5) is 33.0. The molecule has 0 saturated carbocycles. The van der Waals surface area contributed by atoms with Gasteiger partial charge in [-0.2, -0.15) is 0 Å². The number of anilines is 1. The molecule has 0 bridgehead atoms. The third-order valence-electron chi connectivity index (χ3n) is 6.07. The van der Waals surface area contributed by atoms with Crippen LogP contribution >= 0.6 is 11.3 Å². The second-order valence-electron chi connectivity index (χ2n) is 9.11. The Kier molecular flexibility index (Phi) is 6.43. The fourth-order valence-electron chi connectivity index (χ4n) is 4.45. The zero-order valence-electron chi connectivity index (χ0n) is 20.9. The fourth-order valence-corrected chi connectivity index (χ4v) is 5.47. The third kappa shape index (κ3) is 4.56. The lowest BCUT2D eigenvalue weighted by atomic mass is 9.94. The Balaban J connectivity index is 1.69. The average Bonchev–Trinajstić information content (AvgIpc) is 3.41. The first-order valence-corrected chi connectivity index (χ1v) is 12.7. The van der Waals surface area contributed by atoms with Crippen LogP contribution in [0.1, 0.15) is 36.6 Å². The monoisotopic (exact) mass is 514 g/mol. The quantitative estimate of drug-likeness (QED) is 0.192. The van der Waals surface area contributed by atoms with Crippen LogP contribution in [0.3, 0.4) is 0 Å². The summed E-state index contributed by atoms with van der Waals surface area (Å²) in [6.45, 7) is 5.75. The number of aryl methyl sites for hydroxylation is 1. The van der Waals surface area contributed by atoms with Gasteiger partial charge in [0, 0.05) is 5.56 Å². The fraction of sp³-hybridized carbons (Fsp3) is 0.207. The minimum Gasteiger partial charge on any atom is -0.507 e. The maximum atomic E-state index is 13.5. The van der Waals surface area contributed by atoms with Crippen LogP contribution in [0.4, 0.5) is 5.13 Å². The number of ketones is 1. The molecule has 1 fully saturated rings. The van der Waals surface area contributed by atoms with E-state index in [2.05, 4.69) is 4.98 Å². The van der Waals surface area contributed by atoms with Crippen molar-refractivity contribution in [3.8, 4) is 11.5 Å². The van der Waals surface area contributed by atoms with E-state index in [0.717, 1.165) is 10.3 Å². The first kappa shape index (κ1) is 24.5. The summed E-state index contributed by atoms with van der Waals surface area (Å²) in [6.07, 6.45) is -0.0621. The minimum atomic E-state index is -0.850. The smallest absolute Gasteiger partial charge is 0.301 e. The molecule has 1 aliphatic rings. The van der Waals surface area contributed by atoms with Gasteiger partial charge >= 0.3 is 5.91 Å². The van der Waals surface area contributed by atoms with Crippen LogP contribution in [-0.2, 0) is 9.59 Å². The highest BCUT2D eigenvalue weighted by Crippen LogP contribution is 2.45. The number of thiazole rings is 1. The molecule has 37 heavy (non-hydrogen) atoms. The van der Waals surface area contributed by atoms with Crippen LogP contribution in [0.15, 0.2) is 72.3 Å². The van der Waals surface area contributed by atoms with E-state index in [1.54, 1.807) is 37.4 Å². The number of aliphatic hydroxyl groups is 1. The lowest BCUT2D eigenvalue weighted by Gasteiger charge is -2.23. The highest BCUT2D eigenvalue weighted by molar-refractivity contribution is 7.22. The van der Waals surface area contributed by atoms with Crippen LogP contribution in [0.2, 0.25) is 0 Å². The zero-order chi connectivity index (χ0) is 26.3. The van der Waals surface area contributed by atoms with Gasteiger partial charge in [-0.05, 0) is 56.7 Å². The molecule has 1 amide bonds. The molecule has 0 aliphatic carbocycles. The standard InChI is InChI=1S/C29H26N2O5S/c1-16(2)36-21-10-6-9-19(14-21)26(32)24-25(18-8-5-7-17(3)13-18)31(28(34)27(24)33)29-30-22-12-11-20(35-4)15-23(22)37-29/h5-16,25,32H,1-4H3/b26-24+. The van der Waals surface area contributed by atoms with Crippen molar-refractivity contribution >= 4 is 44.1 Å². The summed E-state index contributed by atoms with van der Waals surface area (Å²) in [5.41, 5.74) is 2.75. The summed E-state index contributed by atoms with van der Waals surface area (Å²) in [7, 11) is 1.58. The van der Waals surface area contributed by atoms with E-state index in [0.29, 0.717) is 33.3 Å². The zero-order valence-corrected chi connectivity index (χ0v) is 21.7. The maximum Gasteiger partial charge on any atom is 0.301 e. The van der Waals surface area contributed by atoms with Gasteiger partial charge in [0.25, 0.3) is 5.78 Å². The number of nitrogens with zero attached hydrogens (tertiary/aromatic N) is 2. The Hall–Kier alpha value is -4.17. The van der Waals surface area contributed by atoms with Crippen LogP contribution < -0.4 is 14.4 Å². The molecule has 3 aromatic carbocycles. The van der Waals surface area contributed by atoms with Crippen LogP contribution in [-0.4, -0.2) is 35.0 Å². The maximum absolute atomic E-state index is 13.5. The van der Waals surface area contributed by atoms with Gasteiger partial charge in [0.2, 0.25) is 0 Å². The molecule has 8 heteroatoms. The van der Waals surface area contributed by atoms with Gasteiger partial charge < -0.3 is 14.6 Å². The van der Waals surface area contributed by atoms with Gasteiger partial charge in [-0.25, -0.2) is 4.98 Å². The predicted molar refractivity (Wildman–Crippen MR) is 144 cm³/mol. The van der Waals surface area contributed by atoms with Gasteiger partial charge in [-0.15, -0.1) is 0 Å². The molecule has 1 aliphatic heterocycles. The SMILES string of the molecule is COc1ccc2nc(N3C(=O)C(=O)/C(=C(/O)c4cccc(OC(C)C)c4)C3c3cccc(C)c3)sc2c1. The lowest BCUT2D eigenvalue weighted by molar-refractivity contribution is -0.132. The Morgan fingerprint density at radius 2 is 1.81 bits per heavy atom. The summed E-state index contributed by atoms with van der Waals surface area (Å²) >= 11 is 1.29. The predicted octanol–water partition coefficient (Wildman–Crippen LogP) is 6.03. The number of methoxy groups -OCH3 is 1. The van der Waals surface area contributed by atoms with E-state index in [-0.39, 0.29) is 17.4 Å². The van der Waals surface area contributed by atoms with Crippen molar-refractivity contribution in [1.82, 2.24) is 4.98 Å². The number of ether oxygens (including phenoxy) is 2. The normalized spacial score (nSPS) is 17.1. The summed E-state index contributed by atoms with van der Waals surface area (Å²) in [5, 5.41) is 11.8. The molecule has 5 rings (SSSR count). The second kappa shape index (κ2) is 9.71. The van der Waals surface area contributed by atoms with Crippen LogP contribution in [0, 0.1) is 6.92 Å². The number of fused-ring (bicyclic) bond motifs is 1. The Bertz CT molecular complexity index is 1550. The van der Waals surface area contributed by atoms with E-state index in [1.807, 2.05) is 57.2 Å². The van der Waals surface area contributed by atoms with Crippen molar-refractivity contribution in [3.05, 3.63) is 89.0 Å². The van der Waals surface area contributed by atoms with Crippen molar-refractivity contribution in [2.45, 2.75) is 32.9 Å². The highest BCUT2D eigenvalue weighted by atomic mass is 32.1. The summed E-state index contributed by atoms with van der Waals surface area (Å²) < 4.78 is 11.9. The van der Waals surface area contributed by atoms with Crippen molar-refractivity contribution in [2.75, 3.05) is 12.0 Å². The summed E-state index contributed by atoms with van der Waals surface area (Å²) in [6, 6.07) is 19.0. The molecule has 1 unspecified atom stereocenters. The Labute approximate surface area is 218 Å². The van der Waals surface area contributed by atoms with Crippen molar-refractivity contribution in [2.24, 2.45) is 0 Å². The van der Waals surface area contributed by atoms with Crippen molar-refractivity contribution in [3.63, 3.8) is 0 Å². The van der Waals surface area contributed by atoms with Crippen LogP contribution in [0.5, 0.6) is 11.5 Å². The number of hydrogen-bond donors (Lipinski definition) is 1. The lowest BCUT2D eigenvalue weighted by Crippen LogP contribution is -2.29. The number of amides is 1. The molecular weight excluding hydrogens is 488 g/mol. The largest absolute Gasteiger partial charge is 0.507 e. The molecule has 0 radical (unpaired) electrons. The highest BCUT2D eigenvalue weighted by Gasteiger charge is 2.48. The van der Waals surface area contributed by atoms with E-state index in [4.69, 9.17) is 9.47 Å². The van der Waals surface area contributed by atoms with Gasteiger partial charge in [0.1, 0.15) is 17.3 Å². The number of aromatic nitrogens is 1. The second-order valence-corrected chi connectivity index (χ2v) is 10.1. The molecule has 4 aromatic rings. The average molecular weight is 515 g/mol. The van der Waals surface area contributed by atoms with E-state index in [1.165, 1.54) is 16.2 Å². The number of aliphatic hydroxyl groups excluding tert-OH is 1. The minimum absolute atomic E-state index is 0.00846. The molecule has 0 spiro atoms. The van der Waals surface area contributed by atoms with Crippen molar-refractivity contribution < 1.29 is 24.2 Å². The molecule has 1 N–H and O–H groups in total. The Morgan fingerprint density at radius 1 is 1.03 bits per heavy atom. The molecule has 7 nitrogen and oxygen atoms in total. The van der Waals surface area contributed by atoms with E-state index >= 15 is 0 Å². The molecule has 188 valence electrons. The molecular formula is C29H26N2O5S. The Morgan fingerprint density at radius 3 is 2.54 bits per heavy atom. The number of carbonyl (C=O) groups is 2. The third-order valence-corrected chi connectivity index (χ3v) is 7.09. The number of carbonyl (C=O) groups excluding carboxylic acids is 2. The number of benzene rings is 3. The number of rotatable bonds is 6. The number of hydrogen-bond acceptors (Lipinski definition) is 7. The molecule has 1 aromatic heterocycles. The molecule has 1 atom stereocenters. The van der Waals surface area contributed by atoms with Gasteiger partial charge in [0.15, 0.2) is 5.13 Å². The van der Waals surface area contributed by atoms with E-state index < -0.39 is 17.7 Å². The van der Waals surface area contributed by atoms with Crippen molar-refractivity contribution in [1.29, 1.82) is 0 Å².